The molecule has 1 heterocycles. The fraction of sp³-hybridized carbons (Fsp3) is 0.143. The van der Waals surface area contributed by atoms with Gasteiger partial charge in [0, 0.05) is 17.8 Å². The van der Waals surface area contributed by atoms with Gasteiger partial charge in [0.1, 0.15) is 11.2 Å². The molecule has 0 saturated carbocycles. The highest BCUT2D eigenvalue weighted by Crippen LogP contribution is 2.28. The average Bonchev–Trinajstić information content (AvgIpc) is 2.29. The van der Waals surface area contributed by atoms with Crippen molar-refractivity contribution in [3.05, 3.63) is 45.6 Å². The van der Waals surface area contributed by atoms with Crippen LogP contribution in [-0.2, 0) is 0 Å². The highest BCUT2D eigenvalue weighted by molar-refractivity contribution is 5.81. The van der Waals surface area contributed by atoms with Gasteiger partial charge in [-0.3, -0.25) is 4.79 Å². The second-order valence-corrected chi connectivity index (χ2v) is 4.48. The van der Waals surface area contributed by atoms with Gasteiger partial charge in [-0.25, -0.2) is 4.98 Å². The van der Waals surface area contributed by atoms with Crippen LogP contribution in [0.3, 0.4) is 0 Å². The van der Waals surface area contributed by atoms with Crippen LogP contribution in [-0.4, -0.2) is 4.98 Å². The fourth-order valence-electron chi connectivity index (χ4n) is 2.03. The lowest BCUT2D eigenvalue weighted by molar-refractivity contribution is 0.611. The number of hydrogen-bond donors (Lipinski definition) is 1. The van der Waals surface area contributed by atoms with E-state index in [-0.39, 0.29) is 5.43 Å². The van der Waals surface area contributed by atoms with Gasteiger partial charge in [0.15, 0.2) is 16.8 Å². The summed E-state index contributed by atoms with van der Waals surface area (Å²) in [5, 5.41) is 0. The van der Waals surface area contributed by atoms with E-state index in [2.05, 4.69) is 4.98 Å². The predicted molar refractivity (Wildman–Crippen MR) is 70.8 cm³/mol. The number of nitrogens with two attached hydrogens (primary N) is 1. The maximum Gasteiger partial charge on any atom is 0.182 e. The monoisotopic (exact) mass is 240 g/mol. The van der Waals surface area contributed by atoms with Crippen LogP contribution in [0.2, 0.25) is 0 Å². The molecule has 0 bridgehead atoms. The third kappa shape index (κ3) is 1.54. The topological polar surface area (TPSA) is 69.1 Å². The molecular formula is C14H12N2O2. The van der Waals surface area contributed by atoms with E-state index in [1.165, 1.54) is 6.07 Å². The molecule has 90 valence electrons. The molecule has 0 fully saturated rings. The van der Waals surface area contributed by atoms with Gasteiger partial charge < -0.3 is 10.2 Å². The summed E-state index contributed by atoms with van der Waals surface area (Å²) in [6.45, 7) is 3.77. The van der Waals surface area contributed by atoms with Crippen LogP contribution in [0, 0.1) is 13.8 Å². The second-order valence-electron chi connectivity index (χ2n) is 4.48. The first-order chi connectivity index (χ1) is 8.54. The van der Waals surface area contributed by atoms with Crippen molar-refractivity contribution in [2.75, 3.05) is 5.73 Å². The van der Waals surface area contributed by atoms with Gasteiger partial charge in [-0.05, 0) is 37.1 Å². The summed E-state index contributed by atoms with van der Waals surface area (Å²) in [5.41, 5.74) is 10.2. The van der Waals surface area contributed by atoms with Gasteiger partial charge >= 0.3 is 0 Å². The minimum atomic E-state index is -0.0787. The zero-order chi connectivity index (χ0) is 12.9. The SMILES string of the molecule is Cc1cc2nc3c(C)cc(=O)cc-3oc2cc1N. The quantitative estimate of drug-likeness (QED) is 0.484. The zero-order valence-corrected chi connectivity index (χ0v) is 10.2. The number of fused-ring (bicyclic) bond motifs is 2. The first-order valence-corrected chi connectivity index (χ1v) is 5.66. The Hall–Kier alpha value is -2.36. The molecule has 0 spiro atoms. The number of aryl methyl sites for hydroxylation is 2. The van der Waals surface area contributed by atoms with E-state index in [1.807, 2.05) is 19.9 Å². The summed E-state index contributed by atoms with van der Waals surface area (Å²) in [6.07, 6.45) is 0. The van der Waals surface area contributed by atoms with Crippen molar-refractivity contribution in [3.63, 3.8) is 0 Å². The third-order valence-corrected chi connectivity index (χ3v) is 3.04. The van der Waals surface area contributed by atoms with Crippen molar-refractivity contribution in [2.24, 2.45) is 0 Å². The minimum Gasteiger partial charge on any atom is -0.453 e. The van der Waals surface area contributed by atoms with Gasteiger partial charge in [-0.15, -0.1) is 0 Å². The Morgan fingerprint density at radius 2 is 1.89 bits per heavy atom. The van der Waals surface area contributed by atoms with E-state index in [0.29, 0.717) is 22.7 Å². The molecule has 0 radical (unpaired) electrons. The summed E-state index contributed by atoms with van der Waals surface area (Å²) in [7, 11) is 0. The lowest BCUT2D eigenvalue weighted by Gasteiger charge is -2.09. The van der Waals surface area contributed by atoms with Crippen LogP contribution in [0.25, 0.3) is 22.6 Å². The number of anilines is 1. The van der Waals surface area contributed by atoms with Crippen molar-refractivity contribution in [1.82, 2.24) is 4.98 Å². The molecular weight excluding hydrogens is 228 g/mol. The molecule has 0 amide bonds. The predicted octanol–water partition coefficient (Wildman–Crippen LogP) is 2.49. The molecule has 2 N–H and O–H groups in total. The second kappa shape index (κ2) is 3.57. The molecule has 18 heavy (non-hydrogen) atoms. The fourth-order valence-corrected chi connectivity index (χ4v) is 2.03. The van der Waals surface area contributed by atoms with Crippen molar-refractivity contribution < 1.29 is 4.42 Å². The largest absolute Gasteiger partial charge is 0.453 e. The molecule has 0 aromatic heterocycles. The molecule has 2 aliphatic rings. The Morgan fingerprint density at radius 1 is 1.11 bits per heavy atom. The standard InChI is InChI=1S/C14H12N2O2/c1-7-4-11-12(6-10(7)15)18-13-5-9(17)3-8(2)14(13)16-11/h3-6H,15H2,1-2H3. The van der Waals surface area contributed by atoms with E-state index in [0.717, 1.165) is 16.6 Å². The van der Waals surface area contributed by atoms with Crippen LogP contribution >= 0.6 is 0 Å². The highest BCUT2D eigenvalue weighted by atomic mass is 16.3. The molecule has 1 aliphatic carbocycles. The summed E-state index contributed by atoms with van der Waals surface area (Å²) >= 11 is 0. The van der Waals surface area contributed by atoms with Crippen LogP contribution in [0.15, 0.2) is 33.5 Å². The van der Waals surface area contributed by atoms with Crippen LogP contribution in [0.4, 0.5) is 5.69 Å². The summed E-state index contributed by atoms with van der Waals surface area (Å²) in [4.78, 5) is 16.0. The maximum absolute atomic E-state index is 11.4. The number of rotatable bonds is 0. The third-order valence-electron chi connectivity index (χ3n) is 3.04. The summed E-state index contributed by atoms with van der Waals surface area (Å²) < 4.78 is 5.70. The summed E-state index contributed by atoms with van der Waals surface area (Å²) in [6, 6.07) is 6.63. The zero-order valence-electron chi connectivity index (χ0n) is 10.2. The molecule has 1 aromatic carbocycles. The maximum atomic E-state index is 11.4. The Balaban J connectivity index is 2.48. The Kier molecular flexibility index (Phi) is 2.13. The van der Waals surface area contributed by atoms with Gasteiger partial charge in [0.25, 0.3) is 0 Å². The first kappa shape index (κ1) is 10.8. The lowest BCUT2D eigenvalue weighted by atomic mass is 10.1. The molecule has 4 heteroatoms. The Morgan fingerprint density at radius 3 is 2.67 bits per heavy atom. The van der Waals surface area contributed by atoms with E-state index in [1.54, 1.807) is 12.1 Å². The average molecular weight is 240 g/mol. The van der Waals surface area contributed by atoms with Crippen LogP contribution in [0.5, 0.6) is 0 Å². The molecule has 0 saturated heterocycles. The highest BCUT2D eigenvalue weighted by Gasteiger charge is 2.13. The number of nitrogens with zero attached hydrogens (tertiary/aromatic N) is 1. The van der Waals surface area contributed by atoms with Crippen molar-refractivity contribution in [2.45, 2.75) is 13.8 Å². The van der Waals surface area contributed by atoms with Crippen LogP contribution in [0.1, 0.15) is 11.1 Å². The van der Waals surface area contributed by atoms with E-state index < -0.39 is 0 Å². The summed E-state index contributed by atoms with van der Waals surface area (Å²) in [5.74, 6) is 0.496. The normalized spacial score (nSPS) is 11.2. The van der Waals surface area contributed by atoms with Crippen LogP contribution < -0.4 is 11.2 Å². The number of nitrogen functional groups attached to an aromatic ring is 1. The van der Waals surface area contributed by atoms with Gasteiger partial charge in [0.05, 0.1) is 0 Å². The molecule has 3 rings (SSSR count). The van der Waals surface area contributed by atoms with E-state index in [4.69, 9.17) is 10.2 Å². The minimum absolute atomic E-state index is 0.0787. The number of hydrogen-bond acceptors (Lipinski definition) is 4. The molecule has 1 aliphatic heterocycles. The van der Waals surface area contributed by atoms with Gasteiger partial charge in [-0.2, -0.15) is 0 Å². The lowest BCUT2D eigenvalue weighted by Crippen LogP contribution is -2.03. The van der Waals surface area contributed by atoms with E-state index in [9.17, 15) is 4.79 Å². The molecule has 1 aromatic rings. The number of benzene rings is 2. The first-order valence-electron chi connectivity index (χ1n) is 5.66. The van der Waals surface area contributed by atoms with Gasteiger partial charge in [0.2, 0.25) is 0 Å². The number of aromatic nitrogens is 1. The molecule has 4 nitrogen and oxygen atoms in total. The van der Waals surface area contributed by atoms with Crippen molar-refractivity contribution >= 4 is 16.8 Å². The Labute approximate surface area is 103 Å². The van der Waals surface area contributed by atoms with Crippen molar-refractivity contribution in [3.8, 4) is 11.5 Å². The molecule has 0 atom stereocenters. The molecule has 0 unspecified atom stereocenters. The smallest absolute Gasteiger partial charge is 0.182 e. The Bertz CT molecular complexity index is 790. The van der Waals surface area contributed by atoms with E-state index >= 15 is 0 Å². The van der Waals surface area contributed by atoms with Gasteiger partial charge in [-0.1, -0.05) is 0 Å². The van der Waals surface area contributed by atoms with Crippen molar-refractivity contribution in [1.29, 1.82) is 0 Å².